The number of unbranched alkanes of at least 4 members (excludes halogenated alkanes) is 25. The van der Waals surface area contributed by atoms with Gasteiger partial charge in [-0.3, -0.25) is 0 Å². The zero-order chi connectivity index (χ0) is 30.2. The van der Waals surface area contributed by atoms with Crippen molar-refractivity contribution < 1.29 is 0 Å². The van der Waals surface area contributed by atoms with E-state index in [2.05, 4.69) is 34.6 Å². The fourth-order valence-electron chi connectivity index (χ4n) is 7.81. The van der Waals surface area contributed by atoms with E-state index in [-0.39, 0.29) is 0 Å². The summed E-state index contributed by atoms with van der Waals surface area (Å²) >= 11 is 0. The Balaban J connectivity index is 5.74. The summed E-state index contributed by atoms with van der Waals surface area (Å²) in [6.07, 6.45) is 53.0. The van der Waals surface area contributed by atoms with Gasteiger partial charge in [-0.25, -0.2) is 0 Å². The van der Waals surface area contributed by atoms with Crippen molar-refractivity contribution in [2.24, 2.45) is 0 Å². The fraction of sp³-hybridized carbons (Fsp3) is 1.00. The first-order chi connectivity index (χ1) is 20.1. The molecule has 0 unspecified atom stereocenters. The molecule has 0 amide bonds. The molecule has 41 heavy (non-hydrogen) atoms. The van der Waals surface area contributed by atoms with Crippen molar-refractivity contribution in [3.05, 3.63) is 0 Å². The van der Waals surface area contributed by atoms with E-state index in [9.17, 15) is 0 Å². The van der Waals surface area contributed by atoms with Crippen molar-refractivity contribution in [1.29, 1.82) is 0 Å². The van der Waals surface area contributed by atoms with Crippen molar-refractivity contribution in [3.8, 4) is 0 Å². The molecule has 0 spiro atoms. The van der Waals surface area contributed by atoms with Gasteiger partial charge in [-0.05, 0) is 0 Å². The second-order valence-electron chi connectivity index (χ2n) is 14.7. The minimum absolute atomic E-state index is 1.38. The van der Waals surface area contributed by atoms with Gasteiger partial charge in [0.2, 0.25) is 0 Å². The molecule has 0 saturated carbocycles. The maximum absolute atomic E-state index is 2.37. The molecular weight excluding hydrogens is 511 g/mol. The molecule has 0 bridgehead atoms. The van der Waals surface area contributed by atoms with Gasteiger partial charge in [-0.15, -0.1) is 0 Å². The monoisotopic (exact) mass is 597 g/mol. The molecular formula is C40H85P. The Labute approximate surface area is 264 Å². The van der Waals surface area contributed by atoms with Gasteiger partial charge in [0, 0.05) is 0 Å². The Bertz CT molecular complexity index is 387. The third-order valence-corrected chi connectivity index (χ3v) is 18.6. The predicted octanol–water partition coefficient (Wildman–Crippen LogP) is 15.3. The van der Waals surface area contributed by atoms with E-state index in [1.54, 1.807) is 62.9 Å². The van der Waals surface area contributed by atoms with Crippen LogP contribution in [0, 0.1) is 0 Å². The van der Waals surface area contributed by atoms with Gasteiger partial charge in [0.25, 0.3) is 0 Å². The number of hydrogen-bond acceptors (Lipinski definition) is 0. The Kier molecular flexibility index (Phi) is 30.8. The molecule has 0 saturated heterocycles. The zero-order valence-electron chi connectivity index (χ0n) is 30.2. The molecule has 0 radical (unpaired) electrons. The molecule has 0 aliphatic heterocycles. The average molecular weight is 597 g/mol. The van der Waals surface area contributed by atoms with Gasteiger partial charge in [0.05, 0.1) is 0 Å². The summed E-state index contributed by atoms with van der Waals surface area (Å²) < 4.78 is 0. The predicted molar refractivity (Wildman–Crippen MR) is 198 cm³/mol. The van der Waals surface area contributed by atoms with E-state index in [4.69, 9.17) is 0 Å². The van der Waals surface area contributed by atoms with Gasteiger partial charge >= 0.3 is 265 Å². The quantitative estimate of drug-likeness (QED) is 0.0504. The van der Waals surface area contributed by atoms with Gasteiger partial charge in [0.15, 0.2) is 0 Å². The van der Waals surface area contributed by atoms with Crippen molar-refractivity contribution >= 4 is 6.60 Å². The Morgan fingerprint density at radius 1 is 0.195 bits per heavy atom. The zero-order valence-corrected chi connectivity index (χ0v) is 31.1. The van der Waals surface area contributed by atoms with E-state index in [1.807, 2.05) is 0 Å². The van der Waals surface area contributed by atoms with Crippen molar-refractivity contribution in [1.82, 2.24) is 0 Å². The summed E-state index contributed by atoms with van der Waals surface area (Å²) in [5.74, 6) is 0. The third kappa shape index (κ3) is 23.5. The summed E-state index contributed by atoms with van der Waals surface area (Å²) in [4.78, 5) is 0. The summed E-state index contributed by atoms with van der Waals surface area (Å²) in [6, 6.07) is 0. The second kappa shape index (κ2) is 30.5. The van der Waals surface area contributed by atoms with Crippen LogP contribution in [0.3, 0.4) is 0 Å². The average Bonchev–Trinajstić information content (AvgIpc) is 2.98. The molecule has 0 nitrogen and oxygen atoms in total. The molecule has 0 heterocycles. The van der Waals surface area contributed by atoms with Crippen LogP contribution in [0.25, 0.3) is 0 Å². The van der Waals surface area contributed by atoms with Crippen LogP contribution in [0.5, 0.6) is 0 Å². The second-order valence-corrected chi connectivity index (χ2v) is 21.4. The number of rotatable bonds is 35. The minimum atomic E-state index is -1.70. The third-order valence-electron chi connectivity index (χ3n) is 10.7. The molecule has 0 rings (SSSR count). The first-order valence-electron chi connectivity index (χ1n) is 20.1. The normalized spacial score (nSPS) is 13.0. The molecule has 0 aromatic heterocycles. The van der Waals surface area contributed by atoms with E-state index in [1.165, 1.54) is 161 Å². The van der Waals surface area contributed by atoms with Crippen LogP contribution in [0.1, 0.15) is 227 Å². The number of hydrogen-bond donors (Lipinski definition) is 0. The summed E-state index contributed by atoms with van der Waals surface area (Å²) in [5, 5.41) is 0. The molecule has 0 aliphatic carbocycles. The first kappa shape index (κ1) is 41.4. The van der Waals surface area contributed by atoms with Crippen molar-refractivity contribution in [2.45, 2.75) is 227 Å². The standard InChI is InChI=1S/C40H85P/c1-6-11-16-21-26-31-36-41(37-32-27-22-17-12-7-2,38-33-28-23-18-13-8-3,39-34-29-24-19-14-9-4)40-35-30-25-20-15-10-5/h6-40H2,1-5H3. The van der Waals surface area contributed by atoms with Crippen LogP contribution in [0.15, 0.2) is 0 Å². The van der Waals surface area contributed by atoms with Crippen molar-refractivity contribution in [3.63, 3.8) is 0 Å². The summed E-state index contributed by atoms with van der Waals surface area (Å²) in [5.41, 5.74) is 0. The van der Waals surface area contributed by atoms with Gasteiger partial charge < -0.3 is 0 Å². The molecule has 1 heteroatoms. The van der Waals surface area contributed by atoms with E-state index < -0.39 is 6.60 Å². The maximum atomic E-state index is 2.37. The SMILES string of the molecule is CCCCCCCCP(CCCCCCCC)(CCCCCCCC)(CCCCCCCC)CCCCCCCC. The van der Waals surface area contributed by atoms with Crippen LogP contribution in [0.2, 0.25) is 0 Å². The molecule has 0 atom stereocenters. The van der Waals surface area contributed by atoms with Crippen LogP contribution < -0.4 is 0 Å². The first-order valence-corrected chi connectivity index (χ1v) is 23.3. The van der Waals surface area contributed by atoms with Crippen LogP contribution in [-0.4, -0.2) is 30.8 Å². The Hall–Kier alpha value is 0.430. The van der Waals surface area contributed by atoms with Gasteiger partial charge in [-0.1, -0.05) is 0 Å². The molecule has 0 aliphatic rings. The summed E-state index contributed by atoms with van der Waals surface area (Å²) in [7, 11) is 0. The fourth-order valence-corrected chi connectivity index (χ4v) is 15.6. The van der Waals surface area contributed by atoms with E-state index in [0.29, 0.717) is 0 Å². The van der Waals surface area contributed by atoms with Gasteiger partial charge in [-0.2, -0.15) is 0 Å². The summed E-state index contributed by atoms with van der Waals surface area (Å²) in [6.45, 7) is 10.2. The van der Waals surface area contributed by atoms with E-state index >= 15 is 0 Å². The van der Waals surface area contributed by atoms with Crippen LogP contribution in [0.4, 0.5) is 0 Å². The Morgan fingerprint density at radius 2 is 0.341 bits per heavy atom. The molecule has 0 N–H and O–H groups in total. The molecule has 0 aromatic rings. The Morgan fingerprint density at radius 3 is 0.512 bits per heavy atom. The van der Waals surface area contributed by atoms with Crippen LogP contribution >= 0.6 is 6.60 Å². The molecule has 250 valence electrons. The van der Waals surface area contributed by atoms with Crippen molar-refractivity contribution in [2.75, 3.05) is 30.8 Å². The van der Waals surface area contributed by atoms with E-state index in [0.717, 1.165) is 0 Å². The topological polar surface area (TPSA) is 0 Å². The van der Waals surface area contributed by atoms with Crippen LogP contribution in [-0.2, 0) is 0 Å². The van der Waals surface area contributed by atoms with Gasteiger partial charge in [0.1, 0.15) is 0 Å². The molecule has 0 fully saturated rings. The molecule has 0 aromatic carbocycles.